The number of anilines is 1. The Morgan fingerprint density at radius 1 is 1.24 bits per heavy atom. The zero-order valence-corrected chi connectivity index (χ0v) is 12.9. The number of halogens is 1. The number of carboxylic acid groups (broad SMARTS) is 1. The van der Waals surface area contributed by atoms with Gasteiger partial charge in [-0.05, 0) is 31.0 Å². The zero-order chi connectivity index (χ0) is 15.2. The van der Waals surface area contributed by atoms with Crippen LogP contribution in [-0.2, 0) is 9.59 Å². The van der Waals surface area contributed by atoms with E-state index in [0.29, 0.717) is 17.3 Å². The van der Waals surface area contributed by atoms with Gasteiger partial charge in [-0.3, -0.25) is 9.59 Å². The van der Waals surface area contributed by atoms with Gasteiger partial charge in [0.15, 0.2) is 0 Å². The highest BCUT2D eigenvalue weighted by molar-refractivity contribution is 9.10. The molecule has 21 heavy (non-hydrogen) atoms. The molecule has 1 aromatic rings. The van der Waals surface area contributed by atoms with Crippen molar-refractivity contribution in [1.82, 2.24) is 0 Å². The molecule has 2 aliphatic rings. The largest absolute Gasteiger partial charge is 0.478 e. The van der Waals surface area contributed by atoms with E-state index >= 15 is 0 Å². The van der Waals surface area contributed by atoms with Crippen LogP contribution in [-0.4, -0.2) is 22.9 Å². The summed E-state index contributed by atoms with van der Waals surface area (Å²) in [5, 5.41) is 9.28. The lowest BCUT2D eigenvalue weighted by Gasteiger charge is -2.22. The molecule has 6 heteroatoms. The van der Waals surface area contributed by atoms with Crippen molar-refractivity contribution in [2.45, 2.75) is 32.1 Å². The van der Waals surface area contributed by atoms with Crippen molar-refractivity contribution in [1.29, 1.82) is 0 Å². The van der Waals surface area contributed by atoms with Gasteiger partial charge in [0.1, 0.15) is 0 Å². The number of amides is 2. The van der Waals surface area contributed by atoms with E-state index in [1.807, 2.05) is 0 Å². The quantitative estimate of drug-likeness (QED) is 0.831. The molecule has 1 spiro atoms. The number of hydrogen-bond donors (Lipinski definition) is 1. The molecule has 3 rings (SSSR count). The molecule has 1 aliphatic carbocycles. The summed E-state index contributed by atoms with van der Waals surface area (Å²) in [6, 6.07) is 4.51. The molecule has 0 radical (unpaired) electrons. The predicted octanol–water partition coefficient (Wildman–Crippen LogP) is 2.97. The lowest BCUT2D eigenvalue weighted by Crippen LogP contribution is -2.35. The number of nitrogens with zero attached hydrogens (tertiary/aromatic N) is 1. The fraction of sp³-hybridized carbons (Fsp3) is 0.400. The van der Waals surface area contributed by atoms with Crippen molar-refractivity contribution in [2.24, 2.45) is 5.41 Å². The van der Waals surface area contributed by atoms with Gasteiger partial charge in [0.05, 0.1) is 16.7 Å². The van der Waals surface area contributed by atoms with Crippen LogP contribution in [0.1, 0.15) is 42.5 Å². The Morgan fingerprint density at radius 2 is 1.90 bits per heavy atom. The summed E-state index contributed by atoms with van der Waals surface area (Å²) in [4.78, 5) is 37.5. The molecular formula is C15H14BrNO4. The molecule has 1 saturated carbocycles. The van der Waals surface area contributed by atoms with Crippen molar-refractivity contribution in [3.05, 3.63) is 28.2 Å². The Kier molecular flexibility index (Phi) is 3.36. The normalized spacial score (nSPS) is 20.5. The number of benzene rings is 1. The first-order valence-corrected chi connectivity index (χ1v) is 7.64. The van der Waals surface area contributed by atoms with Gasteiger partial charge in [-0.2, -0.15) is 0 Å². The van der Waals surface area contributed by atoms with Crippen LogP contribution in [0.5, 0.6) is 0 Å². The molecule has 1 N–H and O–H groups in total. The predicted molar refractivity (Wildman–Crippen MR) is 79.1 cm³/mol. The van der Waals surface area contributed by atoms with Gasteiger partial charge >= 0.3 is 5.97 Å². The minimum absolute atomic E-state index is 0.0325. The SMILES string of the molecule is O=C(O)c1ccc(Br)cc1N1C(=O)CC2(CCCC2)C1=O. The molecule has 1 heterocycles. The van der Waals surface area contributed by atoms with Gasteiger partial charge in [-0.25, -0.2) is 9.69 Å². The Balaban J connectivity index is 2.08. The van der Waals surface area contributed by atoms with Gasteiger partial charge in [-0.1, -0.05) is 28.8 Å². The van der Waals surface area contributed by atoms with E-state index in [4.69, 9.17) is 0 Å². The molecule has 0 bridgehead atoms. The van der Waals surface area contributed by atoms with Crippen LogP contribution in [0.15, 0.2) is 22.7 Å². The van der Waals surface area contributed by atoms with Crippen molar-refractivity contribution in [3.8, 4) is 0 Å². The third kappa shape index (κ3) is 2.18. The topological polar surface area (TPSA) is 74.7 Å². The maximum atomic E-state index is 12.7. The highest BCUT2D eigenvalue weighted by Crippen LogP contribution is 2.48. The van der Waals surface area contributed by atoms with E-state index < -0.39 is 11.4 Å². The molecule has 2 amide bonds. The van der Waals surface area contributed by atoms with Crippen LogP contribution in [0.4, 0.5) is 5.69 Å². The van der Waals surface area contributed by atoms with Crippen LogP contribution < -0.4 is 4.90 Å². The molecular weight excluding hydrogens is 338 g/mol. The smallest absolute Gasteiger partial charge is 0.337 e. The number of carbonyl (C=O) groups excluding carboxylic acids is 2. The molecule has 1 aliphatic heterocycles. The fourth-order valence-corrected chi connectivity index (χ4v) is 3.70. The summed E-state index contributed by atoms with van der Waals surface area (Å²) in [6.07, 6.45) is 3.50. The van der Waals surface area contributed by atoms with Crippen LogP contribution in [0.2, 0.25) is 0 Å². The number of carbonyl (C=O) groups is 3. The molecule has 0 atom stereocenters. The number of imide groups is 1. The van der Waals surface area contributed by atoms with Gasteiger partial charge in [0, 0.05) is 10.9 Å². The number of rotatable bonds is 2. The second-order valence-electron chi connectivity index (χ2n) is 5.67. The second kappa shape index (κ2) is 4.94. The molecule has 0 aromatic heterocycles. The highest BCUT2D eigenvalue weighted by Gasteiger charge is 2.53. The summed E-state index contributed by atoms with van der Waals surface area (Å²) < 4.78 is 0.635. The fourth-order valence-electron chi connectivity index (χ4n) is 3.35. The summed E-state index contributed by atoms with van der Waals surface area (Å²) in [5.74, 6) is -1.70. The summed E-state index contributed by atoms with van der Waals surface area (Å²) in [6.45, 7) is 0. The third-order valence-corrected chi connectivity index (χ3v) is 4.88. The van der Waals surface area contributed by atoms with Gasteiger partial charge in [0.2, 0.25) is 11.8 Å². The number of hydrogen-bond acceptors (Lipinski definition) is 3. The molecule has 0 unspecified atom stereocenters. The maximum Gasteiger partial charge on any atom is 0.337 e. The lowest BCUT2D eigenvalue weighted by atomic mass is 9.84. The Hall–Kier alpha value is -1.69. The maximum absolute atomic E-state index is 12.7. The van der Waals surface area contributed by atoms with Crippen LogP contribution >= 0.6 is 15.9 Å². The minimum Gasteiger partial charge on any atom is -0.478 e. The molecule has 1 saturated heterocycles. The minimum atomic E-state index is -1.15. The van der Waals surface area contributed by atoms with Crippen molar-refractivity contribution >= 4 is 39.4 Å². The monoisotopic (exact) mass is 351 g/mol. The van der Waals surface area contributed by atoms with Gasteiger partial charge < -0.3 is 5.11 Å². The Morgan fingerprint density at radius 3 is 2.52 bits per heavy atom. The van der Waals surface area contributed by atoms with E-state index in [0.717, 1.165) is 17.7 Å². The van der Waals surface area contributed by atoms with E-state index in [2.05, 4.69) is 15.9 Å². The average Bonchev–Trinajstić information content (AvgIpc) is 2.96. The lowest BCUT2D eigenvalue weighted by molar-refractivity contribution is -0.125. The number of carboxylic acids is 1. The van der Waals surface area contributed by atoms with Crippen LogP contribution in [0, 0.1) is 5.41 Å². The van der Waals surface area contributed by atoms with Gasteiger partial charge in [0.25, 0.3) is 0 Å². The average molecular weight is 352 g/mol. The standard InChI is InChI=1S/C15H14BrNO4/c16-9-3-4-10(13(19)20)11(7-9)17-12(18)8-15(14(17)21)5-1-2-6-15/h3-4,7H,1-2,5-6,8H2,(H,19,20). The first kappa shape index (κ1) is 14.3. The van der Waals surface area contributed by atoms with Crippen molar-refractivity contribution in [2.75, 3.05) is 4.90 Å². The van der Waals surface area contributed by atoms with Crippen molar-refractivity contribution < 1.29 is 19.5 Å². The molecule has 110 valence electrons. The first-order valence-electron chi connectivity index (χ1n) is 6.85. The van der Waals surface area contributed by atoms with E-state index in [-0.39, 0.29) is 29.5 Å². The third-order valence-electron chi connectivity index (χ3n) is 4.39. The Labute approximate surface area is 130 Å². The zero-order valence-electron chi connectivity index (χ0n) is 11.3. The summed E-state index contributed by atoms with van der Waals surface area (Å²) >= 11 is 3.27. The van der Waals surface area contributed by atoms with E-state index in [1.165, 1.54) is 12.1 Å². The van der Waals surface area contributed by atoms with E-state index in [9.17, 15) is 19.5 Å². The summed E-state index contributed by atoms with van der Waals surface area (Å²) in [7, 11) is 0. The molecule has 1 aromatic carbocycles. The second-order valence-corrected chi connectivity index (χ2v) is 6.58. The van der Waals surface area contributed by atoms with E-state index in [1.54, 1.807) is 6.07 Å². The van der Waals surface area contributed by atoms with Gasteiger partial charge in [-0.15, -0.1) is 0 Å². The summed E-state index contributed by atoms with van der Waals surface area (Å²) in [5.41, 5.74) is -0.472. The first-order chi connectivity index (χ1) is 9.94. The Bertz CT molecular complexity index is 649. The van der Waals surface area contributed by atoms with Crippen molar-refractivity contribution in [3.63, 3.8) is 0 Å². The van der Waals surface area contributed by atoms with Crippen LogP contribution in [0.25, 0.3) is 0 Å². The molecule has 5 nitrogen and oxygen atoms in total. The van der Waals surface area contributed by atoms with Crippen LogP contribution in [0.3, 0.4) is 0 Å². The number of aromatic carboxylic acids is 1. The molecule has 2 fully saturated rings. The highest BCUT2D eigenvalue weighted by atomic mass is 79.9.